The van der Waals surface area contributed by atoms with Gasteiger partial charge in [0.2, 0.25) is 5.91 Å². The summed E-state index contributed by atoms with van der Waals surface area (Å²) in [4.78, 5) is 14.5. The van der Waals surface area contributed by atoms with Gasteiger partial charge in [-0.2, -0.15) is 0 Å². The van der Waals surface area contributed by atoms with Gasteiger partial charge in [-0.3, -0.25) is 9.69 Å². The van der Waals surface area contributed by atoms with Gasteiger partial charge in [0.1, 0.15) is 6.04 Å². The Balaban J connectivity index is 2.79. The van der Waals surface area contributed by atoms with Gasteiger partial charge in [0, 0.05) is 25.7 Å². The van der Waals surface area contributed by atoms with Gasteiger partial charge in [-0.1, -0.05) is 27.7 Å². The maximum absolute atomic E-state index is 12.2. The molecule has 0 aliphatic carbocycles. The van der Waals surface area contributed by atoms with E-state index >= 15 is 0 Å². The molecule has 2 atom stereocenters. The Morgan fingerprint density at radius 3 is 2.74 bits per heavy atom. The first-order valence-corrected chi connectivity index (χ1v) is 7.23. The first kappa shape index (κ1) is 16.4. The predicted octanol–water partition coefficient (Wildman–Crippen LogP) is 0.587. The fourth-order valence-electron chi connectivity index (χ4n) is 2.57. The van der Waals surface area contributed by atoms with Crippen molar-refractivity contribution in [1.82, 2.24) is 10.2 Å². The van der Waals surface area contributed by atoms with Crippen molar-refractivity contribution < 1.29 is 9.53 Å². The minimum absolute atomic E-state index is 0.0510. The molecule has 1 saturated heterocycles. The van der Waals surface area contributed by atoms with Crippen LogP contribution in [0.2, 0.25) is 0 Å². The quantitative estimate of drug-likeness (QED) is 0.768. The van der Waals surface area contributed by atoms with E-state index in [0.717, 1.165) is 13.0 Å². The fourth-order valence-corrected chi connectivity index (χ4v) is 2.57. The molecule has 0 spiro atoms. The molecule has 1 rings (SSSR count). The SMILES string of the molecule is CCCNC(=O)C1COCCN1C(CN)C(C)(C)C. The number of carbonyl (C=O) groups is 1. The van der Waals surface area contributed by atoms with Crippen LogP contribution >= 0.6 is 0 Å². The van der Waals surface area contributed by atoms with Gasteiger partial charge in [-0.05, 0) is 11.8 Å². The Morgan fingerprint density at radius 2 is 2.21 bits per heavy atom. The van der Waals surface area contributed by atoms with Gasteiger partial charge in [0.25, 0.3) is 0 Å². The van der Waals surface area contributed by atoms with Crippen LogP contribution in [0.1, 0.15) is 34.1 Å². The second kappa shape index (κ2) is 7.22. The highest BCUT2D eigenvalue weighted by molar-refractivity contribution is 5.82. The Kier molecular flexibility index (Phi) is 6.23. The number of hydrogen-bond acceptors (Lipinski definition) is 4. The van der Waals surface area contributed by atoms with E-state index < -0.39 is 0 Å². The third kappa shape index (κ3) is 4.44. The van der Waals surface area contributed by atoms with E-state index in [-0.39, 0.29) is 23.4 Å². The molecule has 19 heavy (non-hydrogen) atoms. The molecule has 0 saturated carbocycles. The second-order valence-electron chi connectivity index (χ2n) is 6.24. The van der Waals surface area contributed by atoms with Gasteiger partial charge < -0.3 is 15.8 Å². The van der Waals surface area contributed by atoms with Crippen molar-refractivity contribution >= 4 is 5.91 Å². The third-order valence-electron chi connectivity index (χ3n) is 3.65. The molecule has 1 fully saturated rings. The number of nitrogens with one attached hydrogen (secondary N) is 1. The van der Waals surface area contributed by atoms with Crippen LogP contribution < -0.4 is 11.1 Å². The average Bonchev–Trinajstić information content (AvgIpc) is 2.35. The van der Waals surface area contributed by atoms with Crippen LogP contribution in [-0.2, 0) is 9.53 Å². The second-order valence-corrected chi connectivity index (χ2v) is 6.24. The summed E-state index contributed by atoms with van der Waals surface area (Å²) in [5.74, 6) is 0.0595. The Hall–Kier alpha value is -0.650. The van der Waals surface area contributed by atoms with Crippen molar-refractivity contribution in [1.29, 1.82) is 0 Å². The van der Waals surface area contributed by atoms with Crippen molar-refractivity contribution in [2.75, 3.05) is 32.8 Å². The zero-order chi connectivity index (χ0) is 14.5. The molecule has 1 heterocycles. The summed E-state index contributed by atoms with van der Waals surface area (Å²) in [6, 6.07) is -0.0261. The molecular weight excluding hydrogens is 242 g/mol. The smallest absolute Gasteiger partial charge is 0.239 e. The normalized spacial score (nSPS) is 23.1. The van der Waals surface area contributed by atoms with Crippen LogP contribution in [0, 0.1) is 5.41 Å². The van der Waals surface area contributed by atoms with Crippen LogP contribution in [0.5, 0.6) is 0 Å². The van der Waals surface area contributed by atoms with E-state index in [1.54, 1.807) is 0 Å². The Bertz CT molecular complexity index is 289. The number of hydrogen-bond donors (Lipinski definition) is 2. The molecular formula is C14H29N3O2. The van der Waals surface area contributed by atoms with Crippen molar-refractivity contribution in [3.05, 3.63) is 0 Å². The van der Waals surface area contributed by atoms with E-state index in [4.69, 9.17) is 10.5 Å². The average molecular weight is 271 g/mol. The highest BCUT2D eigenvalue weighted by atomic mass is 16.5. The van der Waals surface area contributed by atoms with Gasteiger partial charge >= 0.3 is 0 Å². The first-order chi connectivity index (χ1) is 8.91. The van der Waals surface area contributed by atoms with Gasteiger partial charge in [0.05, 0.1) is 13.2 Å². The molecule has 0 aromatic rings. The highest BCUT2D eigenvalue weighted by Crippen LogP contribution is 2.26. The zero-order valence-electron chi connectivity index (χ0n) is 12.7. The Labute approximate surface area is 116 Å². The topological polar surface area (TPSA) is 67.6 Å². The summed E-state index contributed by atoms with van der Waals surface area (Å²) in [6.45, 7) is 11.7. The molecule has 2 unspecified atom stereocenters. The summed E-state index contributed by atoms with van der Waals surface area (Å²) >= 11 is 0. The summed E-state index contributed by atoms with van der Waals surface area (Å²) in [5.41, 5.74) is 5.99. The van der Waals surface area contributed by atoms with E-state index in [0.29, 0.717) is 26.3 Å². The molecule has 3 N–H and O–H groups in total. The lowest BCUT2D eigenvalue weighted by Gasteiger charge is -2.45. The van der Waals surface area contributed by atoms with Crippen molar-refractivity contribution in [3.8, 4) is 0 Å². The molecule has 5 nitrogen and oxygen atoms in total. The number of morpholine rings is 1. The fraction of sp³-hybridized carbons (Fsp3) is 0.929. The number of amides is 1. The molecule has 1 aliphatic heterocycles. The van der Waals surface area contributed by atoms with Crippen LogP contribution in [0.15, 0.2) is 0 Å². The van der Waals surface area contributed by atoms with Gasteiger partial charge in [0.15, 0.2) is 0 Å². The molecule has 0 aromatic heterocycles. The number of nitrogens with zero attached hydrogens (tertiary/aromatic N) is 1. The van der Waals surface area contributed by atoms with Crippen molar-refractivity contribution in [3.63, 3.8) is 0 Å². The largest absolute Gasteiger partial charge is 0.378 e. The third-order valence-corrected chi connectivity index (χ3v) is 3.65. The minimum atomic E-state index is -0.215. The van der Waals surface area contributed by atoms with E-state index in [2.05, 4.69) is 31.0 Å². The summed E-state index contributed by atoms with van der Waals surface area (Å²) < 4.78 is 5.48. The summed E-state index contributed by atoms with van der Waals surface area (Å²) in [5, 5.41) is 2.96. The molecule has 5 heteroatoms. The lowest BCUT2D eigenvalue weighted by atomic mass is 9.84. The van der Waals surface area contributed by atoms with Gasteiger partial charge in [-0.15, -0.1) is 0 Å². The van der Waals surface area contributed by atoms with E-state index in [1.807, 2.05) is 6.92 Å². The highest BCUT2D eigenvalue weighted by Gasteiger charge is 2.38. The monoisotopic (exact) mass is 271 g/mol. The van der Waals surface area contributed by atoms with Crippen molar-refractivity contribution in [2.24, 2.45) is 11.1 Å². The van der Waals surface area contributed by atoms with E-state index in [9.17, 15) is 4.79 Å². The number of rotatable bonds is 5. The molecule has 0 radical (unpaired) electrons. The van der Waals surface area contributed by atoms with Crippen LogP contribution in [0.25, 0.3) is 0 Å². The predicted molar refractivity (Wildman–Crippen MR) is 76.9 cm³/mol. The molecule has 0 bridgehead atoms. The van der Waals surface area contributed by atoms with Crippen LogP contribution in [0.4, 0.5) is 0 Å². The van der Waals surface area contributed by atoms with Gasteiger partial charge in [-0.25, -0.2) is 0 Å². The number of nitrogens with two attached hydrogens (primary N) is 1. The van der Waals surface area contributed by atoms with E-state index in [1.165, 1.54) is 0 Å². The lowest BCUT2D eigenvalue weighted by molar-refractivity contribution is -0.136. The zero-order valence-corrected chi connectivity index (χ0v) is 12.7. The standard InChI is InChI=1S/C14H29N3O2/c1-5-6-16-13(18)11-10-19-8-7-17(11)12(9-15)14(2,3)4/h11-12H,5-10,15H2,1-4H3,(H,16,18). The maximum atomic E-state index is 12.2. The van der Waals surface area contributed by atoms with Crippen LogP contribution in [-0.4, -0.2) is 55.7 Å². The first-order valence-electron chi connectivity index (χ1n) is 7.23. The number of ether oxygens (including phenoxy) is 1. The molecule has 1 amide bonds. The maximum Gasteiger partial charge on any atom is 0.239 e. The summed E-state index contributed by atoms with van der Waals surface area (Å²) in [6.07, 6.45) is 0.943. The van der Waals surface area contributed by atoms with Crippen LogP contribution in [0.3, 0.4) is 0 Å². The summed E-state index contributed by atoms with van der Waals surface area (Å²) in [7, 11) is 0. The Morgan fingerprint density at radius 1 is 1.53 bits per heavy atom. The molecule has 0 aromatic carbocycles. The molecule has 1 aliphatic rings. The number of carbonyl (C=O) groups excluding carboxylic acids is 1. The molecule has 112 valence electrons. The lowest BCUT2D eigenvalue weighted by Crippen LogP contribution is -2.61. The van der Waals surface area contributed by atoms with Crippen molar-refractivity contribution in [2.45, 2.75) is 46.2 Å². The minimum Gasteiger partial charge on any atom is -0.378 e.